The van der Waals surface area contributed by atoms with E-state index in [2.05, 4.69) is 21.2 Å². The Hall–Kier alpha value is -0.940. The SMILES string of the molecule is CC(CNCc1cc(Br)ccc1F)CC(=O)O. The molecule has 1 unspecified atom stereocenters. The van der Waals surface area contributed by atoms with Crippen molar-refractivity contribution in [2.75, 3.05) is 6.54 Å². The fraction of sp³-hybridized carbons (Fsp3) is 0.417. The summed E-state index contributed by atoms with van der Waals surface area (Å²) < 4.78 is 14.2. The maximum Gasteiger partial charge on any atom is 0.303 e. The van der Waals surface area contributed by atoms with Gasteiger partial charge in [0.25, 0.3) is 0 Å². The molecule has 0 aromatic heterocycles. The van der Waals surface area contributed by atoms with Gasteiger partial charge in [-0.15, -0.1) is 0 Å². The molecule has 17 heavy (non-hydrogen) atoms. The Morgan fingerprint density at radius 2 is 2.29 bits per heavy atom. The first-order valence-corrected chi connectivity index (χ1v) is 6.14. The minimum Gasteiger partial charge on any atom is -0.481 e. The quantitative estimate of drug-likeness (QED) is 0.849. The first-order valence-electron chi connectivity index (χ1n) is 5.35. The highest BCUT2D eigenvalue weighted by Gasteiger charge is 2.08. The molecule has 0 aliphatic rings. The van der Waals surface area contributed by atoms with E-state index >= 15 is 0 Å². The van der Waals surface area contributed by atoms with Gasteiger partial charge in [0, 0.05) is 23.0 Å². The molecule has 0 fully saturated rings. The number of carbonyl (C=O) groups is 1. The van der Waals surface area contributed by atoms with Crippen molar-refractivity contribution in [2.24, 2.45) is 5.92 Å². The van der Waals surface area contributed by atoms with E-state index in [1.165, 1.54) is 6.07 Å². The third-order valence-corrected chi connectivity index (χ3v) is 2.83. The lowest BCUT2D eigenvalue weighted by atomic mass is 10.1. The summed E-state index contributed by atoms with van der Waals surface area (Å²) >= 11 is 3.28. The molecule has 0 saturated carbocycles. The zero-order valence-corrected chi connectivity index (χ0v) is 11.1. The van der Waals surface area contributed by atoms with Gasteiger partial charge in [-0.1, -0.05) is 22.9 Å². The van der Waals surface area contributed by atoms with E-state index in [1.807, 2.05) is 6.92 Å². The molecule has 3 nitrogen and oxygen atoms in total. The molecule has 94 valence electrons. The first kappa shape index (κ1) is 14.1. The Labute approximate surface area is 108 Å². The van der Waals surface area contributed by atoms with Crippen LogP contribution in [0.4, 0.5) is 4.39 Å². The first-order chi connectivity index (χ1) is 7.99. The van der Waals surface area contributed by atoms with Crippen LogP contribution in [0.15, 0.2) is 22.7 Å². The smallest absolute Gasteiger partial charge is 0.303 e. The van der Waals surface area contributed by atoms with Crippen LogP contribution in [0.25, 0.3) is 0 Å². The minimum atomic E-state index is -0.812. The number of hydrogen-bond acceptors (Lipinski definition) is 2. The molecule has 0 aliphatic carbocycles. The van der Waals surface area contributed by atoms with Crippen LogP contribution in [0, 0.1) is 11.7 Å². The van der Waals surface area contributed by atoms with Crippen LogP contribution in [0.3, 0.4) is 0 Å². The highest BCUT2D eigenvalue weighted by Crippen LogP contribution is 2.15. The molecule has 0 bridgehead atoms. The predicted octanol–water partition coefficient (Wildman–Crippen LogP) is 2.79. The predicted molar refractivity (Wildman–Crippen MR) is 67.2 cm³/mol. The molecular formula is C12H15BrFNO2. The van der Waals surface area contributed by atoms with Crippen LogP contribution >= 0.6 is 15.9 Å². The summed E-state index contributed by atoms with van der Waals surface area (Å²) in [7, 11) is 0. The van der Waals surface area contributed by atoms with Crippen molar-refractivity contribution in [3.05, 3.63) is 34.1 Å². The maximum absolute atomic E-state index is 13.3. The number of carboxylic acid groups (broad SMARTS) is 1. The van der Waals surface area contributed by atoms with Crippen LogP contribution in [0.1, 0.15) is 18.9 Å². The standard InChI is InChI=1S/C12H15BrFNO2/c1-8(4-12(16)17)6-15-7-9-5-10(13)2-3-11(9)14/h2-3,5,8,15H,4,6-7H2,1H3,(H,16,17). The fourth-order valence-corrected chi connectivity index (χ4v) is 1.91. The van der Waals surface area contributed by atoms with Crippen LogP contribution < -0.4 is 5.32 Å². The lowest BCUT2D eigenvalue weighted by Crippen LogP contribution is -2.23. The Bertz CT molecular complexity index is 398. The van der Waals surface area contributed by atoms with Crippen molar-refractivity contribution in [1.82, 2.24) is 5.32 Å². The van der Waals surface area contributed by atoms with Crippen molar-refractivity contribution in [3.8, 4) is 0 Å². The number of nitrogens with one attached hydrogen (secondary N) is 1. The Kier molecular flexibility index (Phi) is 5.58. The number of aliphatic carboxylic acids is 1. The zero-order valence-electron chi connectivity index (χ0n) is 9.54. The zero-order chi connectivity index (χ0) is 12.8. The van der Waals surface area contributed by atoms with Crippen molar-refractivity contribution < 1.29 is 14.3 Å². The lowest BCUT2D eigenvalue weighted by molar-refractivity contribution is -0.137. The van der Waals surface area contributed by atoms with Gasteiger partial charge in [0.2, 0.25) is 0 Å². The van der Waals surface area contributed by atoms with E-state index in [0.717, 1.165) is 4.47 Å². The second-order valence-corrected chi connectivity index (χ2v) is 4.99. The van der Waals surface area contributed by atoms with E-state index in [-0.39, 0.29) is 18.2 Å². The summed E-state index contributed by atoms with van der Waals surface area (Å²) in [6.45, 7) is 2.80. The number of rotatable bonds is 6. The van der Waals surface area contributed by atoms with Gasteiger partial charge in [0.15, 0.2) is 0 Å². The Balaban J connectivity index is 2.40. The van der Waals surface area contributed by atoms with Crippen LogP contribution in [0.5, 0.6) is 0 Å². The van der Waals surface area contributed by atoms with Crippen LogP contribution in [0.2, 0.25) is 0 Å². The van der Waals surface area contributed by atoms with Gasteiger partial charge in [-0.3, -0.25) is 4.79 Å². The van der Waals surface area contributed by atoms with Gasteiger partial charge in [-0.25, -0.2) is 4.39 Å². The Morgan fingerprint density at radius 1 is 1.59 bits per heavy atom. The van der Waals surface area contributed by atoms with E-state index < -0.39 is 5.97 Å². The third kappa shape index (κ3) is 5.28. The van der Waals surface area contributed by atoms with Crippen LogP contribution in [-0.4, -0.2) is 17.6 Å². The minimum absolute atomic E-state index is 0.0303. The van der Waals surface area contributed by atoms with Gasteiger partial charge in [-0.05, 0) is 30.7 Å². The number of benzene rings is 1. The molecule has 2 N–H and O–H groups in total. The molecule has 0 amide bonds. The molecule has 1 rings (SSSR count). The molecule has 5 heteroatoms. The molecule has 1 atom stereocenters. The third-order valence-electron chi connectivity index (χ3n) is 2.34. The number of halogens is 2. The molecule has 1 aromatic carbocycles. The van der Waals surface area contributed by atoms with Gasteiger partial charge >= 0.3 is 5.97 Å². The molecule has 0 heterocycles. The van der Waals surface area contributed by atoms with E-state index in [1.54, 1.807) is 12.1 Å². The summed E-state index contributed by atoms with van der Waals surface area (Å²) in [6, 6.07) is 4.76. The van der Waals surface area contributed by atoms with Gasteiger partial charge in [0.1, 0.15) is 5.82 Å². The number of carboxylic acids is 1. The monoisotopic (exact) mass is 303 g/mol. The lowest BCUT2D eigenvalue weighted by Gasteiger charge is -2.11. The van der Waals surface area contributed by atoms with Gasteiger partial charge in [-0.2, -0.15) is 0 Å². The van der Waals surface area contributed by atoms with Crippen molar-refractivity contribution >= 4 is 21.9 Å². The average Bonchev–Trinajstić information content (AvgIpc) is 2.22. The van der Waals surface area contributed by atoms with E-state index in [4.69, 9.17) is 5.11 Å². The molecule has 1 aromatic rings. The summed E-state index contributed by atoms with van der Waals surface area (Å²) in [5.41, 5.74) is 0.571. The summed E-state index contributed by atoms with van der Waals surface area (Å²) in [6.07, 6.45) is 0.119. The van der Waals surface area contributed by atoms with Gasteiger partial charge in [0.05, 0.1) is 0 Å². The summed E-state index contributed by atoms with van der Waals surface area (Å²) in [5, 5.41) is 11.6. The molecule has 0 saturated heterocycles. The van der Waals surface area contributed by atoms with E-state index in [0.29, 0.717) is 18.7 Å². The van der Waals surface area contributed by atoms with Crippen molar-refractivity contribution in [1.29, 1.82) is 0 Å². The number of hydrogen-bond donors (Lipinski definition) is 2. The van der Waals surface area contributed by atoms with Crippen molar-refractivity contribution in [3.63, 3.8) is 0 Å². The molecule has 0 aliphatic heterocycles. The van der Waals surface area contributed by atoms with E-state index in [9.17, 15) is 9.18 Å². The Morgan fingerprint density at radius 3 is 2.94 bits per heavy atom. The second-order valence-electron chi connectivity index (χ2n) is 4.07. The topological polar surface area (TPSA) is 49.3 Å². The van der Waals surface area contributed by atoms with Crippen molar-refractivity contribution in [2.45, 2.75) is 19.9 Å². The van der Waals surface area contributed by atoms with Gasteiger partial charge < -0.3 is 10.4 Å². The summed E-state index contributed by atoms with van der Waals surface area (Å²) in [5.74, 6) is -1.04. The fourth-order valence-electron chi connectivity index (χ4n) is 1.50. The largest absolute Gasteiger partial charge is 0.481 e. The van der Waals surface area contributed by atoms with Crippen LogP contribution in [-0.2, 0) is 11.3 Å². The summed E-state index contributed by atoms with van der Waals surface area (Å²) in [4.78, 5) is 10.4. The highest BCUT2D eigenvalue weighted by molar-refractivity contribution is 9.10. The second kappa shape index (κ2) is 6.71. The average molecular weight is 304 g/mol. The molecule has 0 spiro atoms. The molecule has 0 radical (unpaired) electrons. The normalized spacial score (nSPS) is 12.4. The highest BCUT2D eigenvalue weighted by atomic mass is 79.9. The molecular weight excluding hydrogens is 289 g/mol. The maximum atomic E-state index is 13.3.